The van der Waals surface area contributed by atoms with E-state index < -0.39 is 5.91 Å². The van der Waals surface area contributed by atoms with Gasteiger partial charge in [0.05, 0.1) is 16.4 Å². The third-order valence-corrected chi connectivity index (χ3v) is 5.68. The van der Waals surface area contributed by atoms with Crippen LogP contribution in [0.25, 0.3) is 11.0 Å². The number of fused-ring (bicyclic) bond motifs is 1. The molecule has 1 heterocycles. The predicted octanol–water partition coefficient (Wildman–Crippen LogP) is 6.09. The number of hydrazone groups is 1. The second-order valence-electron chi connectivity index (χ2n) is 7.41. The SMILES string of the molecule is CCOc1ccc2oc(C(=O)N/N=C/c3ccc(OCc4cccc(C)c4)c(I)c3)cc2c1. The molecule has 0 aliphatic heterocycles. The second kappa shape index (κ2) is 10.5. The van der Waals surface area contributed by atoms with Gasteiger partial charge in [0.25, 0.3) is 0 Å². The van der Waals surface area contributed by atoms with Gasteiger partial charge in [0, 0.05) is 5.39 Å². The minimum Gasteiger partial charge on any atom is -0.494 e. The van der Waals surface area contributed by atoms with Crippen molar-refractivity contribution in [2.24, 2.45) is 5.10 Å². The molecule has 0 radical (unpaired) electrons. The standard InChI is InChI=1S/C26H23IN2O4/c1-3-31-21-8-10-23-20(13-21)14-25(33-23)26(30)29-28-15-18-7-9-24(22(27)12-18)32-16-19-6-4-5-17(2)11-19/h4-15H,3,16H2,1-2H3,(H,29,30)/b28-15+. The van der Waals surface area contributed by atoms with E-state index in [4.69, 9.17) is 13.9 Å². The highest BCUT2D eigenvalue weighted by Gasteiger charge is 2.12. The van der Waals surface area contributed by atoms with E-state index in [2.05, 4.69) is 52.2 Å². The highest BCUT2D eigenvalue weighted by atomic mass is 127. The molecule has 0 aliphatic carbocycles. The fourth-order valence-corrected chi connectivity index (χ4v) is 3.98. The van der Waals surface area contributed by atoms with Gasteiger partial charge < -0.3 is 13.9 Å². The lowest BCUT2D eigenvalue weighted by Gasteiger charge is -2.09. The van der Waals surface area contributed by atoms with Crippen LogP contribution >= 0.6 is 22.6 Å². The van der Waals surface area contributed by atoms with Crippen molar-refractivity contribution in [3.63, 3.8) is 0 Å². The topological polar surface area (TPSA) is 73.1 Å². The number of nitrogens with one attached hydrogen (secondary N) is 1. The van der Waals surface area contributed by atoms with Gasteiger partial charge >= 0.3 is 5.91 Å². The van der Waals surface area contributed by atoms with Gasteiger partial charge in [-0.15, -0.1) is 0 Å². The summed E-state index contributed by atoms with van der Waals surface area (Å²) in [6, 6.07) is 21.1. The van der Waals surface area contributed by atoms with Gasteiger partial charge in [-0.25, -0.2) is 5.43 Å². The second-order valence-corrected chi connectivity index (χ2v) is 8.57. The molecule has 0 saturated heterocycles. The fraction of sp³-hybridized carbons (Fsp3) is 0.154. The Kier molecular flexibility index (Phi) is 7.29. The summed E-state index contributed by atoms with van der Waals surface area (Å²) in [4.78, 5) is 12.4. The van der Waals surface area contributed by atoms with E-state index in [1.54, 1.807) is 18.3 Å². The van der Waals surface area contributed by atoms with Crippen molar-refractivity contribution in [3.05, 3.63) is 92.8 Å². The number of halogens is 1. The summed E-state index contributed by atoms with van der Waals surface area (Å²) in [5, 5.41) is 4.85. The number of carbonyl (C=O) groups excluding carboxylic acids is 1. The molecule has 6 nitrogen and oxygen atoms in total. The van der Waals surface area contributed by atoms with E-state index >= 15 is 0 Å². The first-order chi connectivity index (χ1) is 16.0. The van der Waals surface area contributed by atoms with Crippen LogP contribution in [0.5, 0.6) is 11.5 Å². The first-order valence-corrected chi connectivity index (χ1v) is 11.6. The highest BCUT2D eigenvalue weighted by molar-refractivity contribution is 14.1. The van der Waals surface area contributed by atoms with Gasteiger partial charge in [-0.05, 0) is 90.0 Å². The van der Waals surface area contributed by atoms with Crippen molar-refractivity contribution in [1.82, 2.24) is 5.43 Å². The molecule has 168 valence electrons. The summed E-state index contributed by atoms with van der Waals surface area (Å²) < 4.78 is 18.0. The maximum Gasteiger partial charge on any atom is 0.307 e. The number of hydrogen-bond donors (Lipinski definition) is 1. The van der Waals surface area contributed by atoms with Gasteiger partial charge in [0.15, 0.2) is 5.76 Å². The van der Waals surface area contributed by atoms with Crippen LogP contribution in [0.1, 0.15) is 34.2 Å². The number of rotatable bonds is 8. The molecule has 7 heteroatoms. The molecule has 4 rings (SSSR count). The number of carbonyl (C=O) groups is 1. The smallest absolute Gasteiger partial charge is 0.307 e. The maximum absolute atomic E-state index is 12.4. The van der Waals surface area contributed by atoms with Crippen LogP contribution in [0, 0.1) is 10.5 Å². The molecule has 1 aromatic heterocycles. The van der Waals surface area contributed by atoms with Crippen LogP contribution in [0.3, 0.4) is 0 Å². The summed E-state index contributed by atoms with van der Waals surface area (Å²) in [6.45, 7) is 5.06. The third-order valence-electron chi connectivity index (χ3n) is 4.84. The molecule has 0 spiro atoms. The Labute approximate surface area is 205 Å². The number of ether oxygens (including phenoxy) is 2. The van der Waals surface area contributed by atoms with Gasteiger partial charge in [-0.3, -0.25) is 4.79 Å². The maximum atomic E-state index is 12.4. The minimum absolute atomic E-state index is 0.185. The lowest BCUT2D eigenvalue weighted by atomic mass is 10.1. The number of nitrogens with zero attached hydrogens (tertiary/aromatic N) is 1. The Hall–Kier alpha value is -3.33. The molecule has 0 saturated carbocycles. The monoisotopic (exact) mass is 554 g/mol. The Bertz CT molecular complexity index is 1310. The van der Waals surface area contributed by atoms with Crippen molar-refractivity contribution in [3.8, 4) is 11.5 Å². The largest absolute Gasteiger partial charge is 0.494 e. The zero-order valence-electron chi connectivity index (χ0n) is 18.3. The lowest BCUT2D eigenvalue weighted by Crippen LogP contribution is -2.16. The number of amides is 1. The normalized spacial score (nSPS) is 11.1. The molecule has 33 heavy (non-hydrogen) atoms. The minimum atomic E-state index is -0.423. The first-order valence-electron chi connectivity index (χ1n) is 10.5. The van der Waals surface area contributed by atoms with Crippen LogP contribution < -0.4 is 14.9 Å². The molecule has 3 aromatic carbocycles. The van der Waals surface area contributed by atoms with Gasteiger partial charge in [0.2, 0.25) is 0 Å². The number of hydrogen-bond acceptors (Lipinski definition) is 5. The molecule has 0 atom stereocenters. The Morgan fingerprint density at radius 2 is 1.97 bits per heavy atom. The van der Waals surface area contributed by atoms with Crippen LogP contribution in [-0.4, -0.2) is 18.7 Å². The van der Waals surface area contributed by atoms with Crippen molar-refractivity contribution < 1.29 is 18.7 Å². The van der Waals surface area contributed by atoms with E-state index in [0.29, 0.717) is 18.8 Å². The summed E-state index contributed by atoms with van der Waals surface area (Å²) >= 11 is 2.23. The molecular weight excluding hydrogens is 531 g/mol. The zero-order chi connectivity index (χ0) is 23.2. The van der Waals surface area contributed by atoms with Crippen LogP contribution in [0.4, 0.5) is 0 Å². The van der Waals surface area contributed by atoms with Crippen molar-refractivity contribution >= 4 is 45.7 Å². The van der Waals surface area contributed by atoms with E-state index in [-0.39, 0.29) is 5.76 Å². The lowest BCUT2D eigenvalue weighted by molar-refractivity contribution is 0.0929. The van der Waals surface area contributed by atoms with E-state index in [1.807, 2.05) is 49.4 Å². The van der Waals surface area contributed by atoms with Crippen molar-refractivity contribution in [2.45, 2.75) is 20.5 Å². The molecule has 0 fully saturated rings. The zero-order valence-corrected chi connectivity index (χ0v) is 20.5. The van der Waals surface area contributed by atoms with E-state index in [0.717, 1.165) is 31.6 Å². The van der Waals surface area contributed by atoms with Gasteiger partial charge in [-0.1, -0.05) is 29.8 Å². The molecular formula is C26H23IN2O4. The Morgan fingerprint density at radius 3 is 2.76 bits per heavy atom. The first kappa shape index (κ1) is 22.8. The Morgan fingerprint density at radius 1 is 1.09 bits per heavy atom. The molecule has 0 aliphatic rings. The fourth-order valence-electron chi connectivity index (χ4n) is 3.29. The Balaban J connectivity index is 1.36. The van der Waals surface area contributed by atoms with Crippen molar-refractivity contribution in [1.29, 1.82) is 0 Å². The average Bonchev–Trinajstić information content (AvgIpc) is 3.22. The molecule has 4 aromatic rings. The van der Waals surface area contributed by atoms with E-state index in [1.165, 1.54) is 5.56 Å². The van der Waals surface area contributed by atoms with E-state index in [9.17, 15) is 4.79 Å². The molecule has 0 bridgehead atoms. The summed E-state index contributed by atoms with van der Waals surface area (Å²) in [6.07, 6.45) is 1.58. The number of aryl methyl sites for hydroxylation is 1. The van der Waals surface area contributed by atoms with Crippen LogP contribution in [0.2, 0.25) is 0 Å². The summed E-state index contributed by atoms with van der Waals surface area (Å²) in [5.41, 5.74) is 6.29. The van der Waals surface area contributed by atoms with Gasteiger partial charge in [0.1, 0.15) is 23.7 Å². The molecule has 0 unspecified atom stereocenters. The van der Waals surface area contributed by atoms with Crippen molar-refractivity contribution in [2.75, 3.05) is 6.61 Å². The number of furan rings is 1. The number of benzene rings is 3. The van der Waals surface area contributed by atoms with Gasteiger partial charge in [-0.2, -0.15) is 5.10 Å². The van der Waals surface area contributed by atoms with Crippen LogP contribution in [0.15, 0.2) is 76.2 Å². The predicted molar refractivity (Wildman–Crippen MR) is 137 cm³/mol. The average molecular weight is 554 g/mol. The summed E-state index contributed by atoms with van der Waals surface area (Å²) in [7, 11) is 0. The summed E-state index contributed by atoms with van der Waals surface area (Å²) in [5.74, 6) is 1.29. The molecule has 1 amide bonds. The third kappa shape index (κ3) is 5.92. The molecule has 1 N–H and O–H groups in total. The quantitative estimate of drug-likeness (QED) is 0.163. The highest BCUT2D eigenvalue weighted by Crippen LogP contribution is 2.25. The van der Waals surface area contributed by atoms with Crippen LogP contribution in [-0.2, 0) is 6.61 Å².